The van der Waals surface area contributed by atoms with Crippen molar-refractivity contribution in [1.82, 2.24) is 19.7 Å². The van der Waals surface area contributed by atoms with Crippen molar-refractivity contribution < 1.29 is 9.66 Å². The molecule has 0 N–H and O–H groups in total. The maximum atomic E-state index is 11.2. The van der Waals surface area contributed by atoms with Gasteiger partial charge >= 0.3 is 0 Å². The maximum Gasteiger partial charge on any atom is 0.270 e. The predicted octanol–water partition coefficient (Wildman–Crippen LogP) is 7.56. The van der Waals surface area contributed by atoms with Crippen LogP contribution in [-0.4, -0.2) is 24.7 Å². The van der Waals surface area contributed by atoms with E-state index in [1.807, 2.05) is 47.0 Å². The molecule has 38 heavy (non-hydrogen) atoms. The highest BCUT2D eigenvalue weighted by Gasteiger charge is 2.19. The quantitative estimate of drug-likeness (QED) is 0.147. The largest absolute Gasteiger partial charge is 0.486 e. The molecule has 0 unspecified atom stereocenters. The molecule has 0 aliphatic heterocycles. The second-order valence-corrected chi connectivity index (χ2v) is 11.5. The molecule has 0 saturated heterocycles. The van der Waals surface area contributed by atoms with Gasteiger partial charge in [0.15, 0.2) is 10.2 Å². The number of benzene rings is 3. The van der Waals surface area contributed by atoms with E-state index in [1.165, 1.54) is 66.8 Å². The van der Waals surface area contributed by atoms with Crippen LogP contribution < -0.4 is 4.74 Å². The normalized spacial score (nSPS) is 14.1. The van der Waals surface area contributed by atoms with E-state index in [9.17, 15) is 10.1 Å². The molecule has 3 aromatic carbocycles. The van der Waals surface area contributed by atoms with Crippen LogP contribution in [0.15, 0.2) is 82.3 Å². The SMILES string of the molecule is O=[N+]([O-])c1ccc2nc(Sc3nnc(COc4ccc(C5CCCCC5)cc4)n3-c3ccccc3)sc2c1. The Hall–Kier alpha value is -3.76. The smallest absolute Gasteiger partial charge is 0.270 e. The molecule has 1 aliphatic carbocycles. The summed E-state index contributed by atoms with van der Waals surface area (Å²) >= 11 is 2.78. The fourth-order valence-corrected chi connectivity index (χ4v) is 6.92. The molecule has 1 fully saturated rings. The van der Waals surface area contributed by atoms with Crippen LogP contribution in [0.4, 0.5) is 5.69 Å². The molecule has 1 aliphatic rings. The van der Waals surface area contributed by atoms with Crippen molar-refractivity contribution in [3.63, 3.8) is 0 Å². The van der Waals surface area contributed by atoms with Crippen LogP contribution in [0.2, 0.25) is 0 Å². The number of nitrogens with zero attached hydrogens (tertiary/aromatic N) is 5. The molecule has 0 radical (unpaired) electrons. The van der Waals surface area contributed by atoms with Gasteiger partial charge in [0.05, 0.1) is 15.1 Å². The summed E-state index contributed by atoms with van der Waals surface area (Å²) in [7, 11) is 0. The first-order valence-electron chi connectivity index (χ1n) is 12.6. The number of nitro benzene ring substituents is 1. The molecule has 2 aromatic heterocycles. The molecule has 0 atom stereocenters. The van der Waals surface area contributed by atoms with Crippen molar-refractivity contribution in [2.24, 2.45) is 0 Å². The monoisotopic (exact) mass is 543 g/mol. The molecule has 2 heterocycles. The highest BCUT2D eigenvalue weighted by Crippen LogP contribution is 2.37. The molecule has 5 aromatic rings. The van der Waals surface area contributed by atoms with Gasteiger partial charge in [-0.05, 0) is 66.4 Å². The van der Waals surface area contributed by atoms with E-state index >= 15 is 0 Å². The van der Waals surface area contributed by atoms with Gasteiger partial charge in [0.25, 0.3) is 5.69 Å². The number of ether oxygens (including phenoxy) is 1. The third-order valence-electron chi connectivity index (χ3n) is 6.78. The number of aromatic nitrogens is 4. The van der Waals surface area contributed by atoms with Gasteiger partial charge in [0, 0.05) is 17.8 Å². The third kappa shape index (κ3) is 5.27. The van der Waals surface area contributed by atoms with Crippen LogP contribution in [0.3, 0.4) is 0 Å². The van der Waals surface area contributed by atoms with Crippen LogP contribution in [0.1, 0.15) is 49.4 Å². The van der Waals surface area contributed by atoms with Gasteiger partial charge in [-0.25, -0.2) is 4.98 Å². The second-order valence-electron chi connectivity index (χ2n) is 9.25. The molecule has 0 amide bonds. The molecule has 0 spiro atoms. The summed E-state index contributed by atoms with van der Waals surface area (Å²) in [6.45, 7) is 0.261. The standard InChI is InChI=1S/C28H25N5O3S2/c34-33(35)22-13-16-24-25(17-22)37-28(29-24)38-27-31-30-26(32(27)21-9-5-2-6-10-21)18-36-23-14-11-20(12-15-23)19-7-3-1-4-8-19/h2,5-6,9-17,19H,1,3-4,7-8,18H2. The van der Waals surface area contributed by atoms with E-state index in [1.54, 1.807) is 12.1 Å². The average molecular weight is 544 g/mol. The first-order chi connectivity index (χ1) is 18.6. The van der Waals surface area contributed by atoms with Crippen LogP contribution in [0.5, 0.6) is 5.75 Å². The second kappa shape index (κ2) is 10.9. The highest BCUT2D eigenvalue weighted by molar-refractivity contribution is 8.01. The summed E-state index contributed by atoms with van der Waals surface area (Å²) in [6, 6.07) is 23.1. The molecule has 6 rings (SSSR count). The summed E-state index contributed by atoms with van der Waals surface area (Å²) in [6.07, 6.45) is 6.52. The van der Waals surface area contributed by atoms with Gasteiger partial charge < -0.3 is 4.74 Å². The van der Waals surface area contributed by atoms with Gasteiger partial charge in [-0.2, -0.15) is 0 Å². The van der Waals surface area contributed by atoms with Crippen LogP contribution in [-0.2, 0) is 6.61 Å². The number of para-hydroxylation sites is 1. The van der Waals surface area contributed by atoms with Gasteiger partial charge in [-0.1, -0.05) is 49.6 Å². The molecular weight excluding hydrogens is 518 g/mol. The number of rotatable bonds is 8. The summed E-state index contributed by atoms with van der Waals surface area (Å²) in [4.78, 5) is 15.4. The van der Waals surface area contributed by atoms with E-state index in [4.69, 9.17) is 4.74 Å². The van der Waals surface area contributed by atoms with Crippen molar-refractivity contribution in [3.8, 4) is 11.4 Å². The van der Waals surface area contributed by atoms with Gasteiger partial charge in [-0.15, -0.1) is 21.5 Å². The molecule has 192 valence electrons. The lowest BCUT2D eigenvalue weighted by Gasteiger charge is -2.22. The van der Waals surface area contributed by atoms with Gasteiger partial charge in [0.1, 0.15) is 12.4 Å². The third-order valence-corrected chi connectivity index (χ3v) is 8.81. The molecule has 10 heteroatoms. The zero-order valence-electron chi connectivity index (χ0n) is 20.5. The Morgan fingerprint density at radius 2 is 1.79 bits per heavy atom. The predicted molar refractivity (Wildman–Crippen MR) is 148 cm³/mol. The number of non-ortho nitro benzene ring substituents is 1. The fraction of sp³-hybridized carbons (Fsp3) is 0.250. The first kappa shape index (κ1) is 24.6. The van der Waals surface area contributed by atoms with Crippen LogP contribution in [0, 0.1) is 10.1 Å². The molecule has 0 bridgehead atoms. The average Bonchev–Trinajstić information content (AvgIpc) is 3.56. The minimum absolute atomic E-state index is 0.0522. The van der Waals surface area contributed by atoms with Crippen molar-refractivity contribution in [2.45, 2.75) is 54.1 Å². The Kier molecular flexibility index (Phi) is 7.06. The number of thiazole rings is 1. The Morgan fingerprint density at radius 3 is 2.55 bits per heavy atom. The van der Waals surface area contributed by atoms with Crippen molar-refractivity contribution in [3.05, 3.63) is 94.3 Å². The Balaban J connectivity index is 1.23. The van der Waals surface area contributed by atoms with E-state index in [-0.39, 0.29) is 12.3 Å². The Bertz CT molecular complexity index is 1560. The number of hydrogen-bond acceptors (Lipinski definition) is 8. The molecular formula is C28H25N5O3S2. The lowest BCUT2D eigenvalue weighted by atomic mass is 9.84. The van der Waals surface area contributed by atoms with Crippen LogP contribution >= 0.6 is 23.1 Å². The Labute approximate surface area is 227 Å². The summed E-state index contributed by atoms with van der Waals surface area (Å²) in [5.74, 6) is 2.13. The van der Waals surface area contributed by atoms with Gasteiger partial charge in [-0.3, -0.25) is 14.7 Å². The molecule has 1 saturated carbocycles. The van der Waals surface area contributed by atoms with Crippen molar-refractivity contribution >= 4 is 39.0 Å². The maximum absolute atomic E-state index is 11.2. The highest BCUT2D eigenvalue weighted by atomic mass is 32.2. The van der Waals surface area contributed by atoms with Gasteiger partial charge in [0.2, 0.25) is 5.16 Å². The van der Waals surface area contributed by atoms with E-state index in [2.05, 4.69) is 27.3 Å². The van der Waals surface area contributed by atoms with E-state index in [0.29, 0.717) is 22.4 Å². The number of fused-ring (bicyclic) bond motifs is 1. The number of nitro groups is 1. The van der Waals surface area contributed by atoms with Crippen molar-refractivity contribution in [2.75, 3.05) is 0 Å². The van der Waals surface area contributed by atoms with Crippen LogP contribution in [0.25, 0.3) is 15.9 Å². The van der Waals surface area contributed by atoms with Crippen molar-refractivity contribution in [1.29, 1.82) is 0 Å². The first-order valence-corrected chi connectivity index (χ1v) is 14.2. The zero-order chi connectivity index (χ0) is 25.9. The Morgan fingerprint density at radius 1 is 1.00 bits per heavy atom. The minimum atomic E-state index is -0.395. The van der Waals surface area contributed by atoms with E-state index < -0.39 is 4.92 Å². The van der Waals surface area contributed by atoms with E-state index in [0.717, 1.165) is 20.5 Å². The summed E-state index contributed by atoms with van der Waals surface area (Å²) in [5.41, 5.74) is 3.08. The summed E-state index contributed by atoms with van der Waals surface area (Å²) < 4.78 is 9.59. The lowest BCUT2D eigenvalue weighted by molar-refractivity contribution is -0.384. The topological polar surface area (TPSA) is 96.0 Å². The lowest BCUT2D eigenvalue weighted by Crippen LogP contribution is -2.07. The minimum Gasteiger partial charge on any atom is -0.486 e. The number of hydrogen-bond donors (Lipinski definition) is 0. The fourth-order valence-electron chi connectivity index (χ4n) is 4.84. The molecule has 8 nitrogen and oxygen atoms in total. The summed E-state index contributed by atoms with van der Waals surface area (Å²) in [5, 5.41) is 20.7. The zero-order valence-corrected chi connectivity index (χ0v) is 22.2.